The lowest BCUT2D eigenvalue weighted by molar-refractivity contribution is 0.0735. The Morgan fingerprint density at radius 2 is 1.58 bits per heavy atom. The molecule has 98 valence electrons. The van der Waals surface area contributed by atoms with Crippen LogP contribution in [0.5, 0.6) is 5.75 Å². The van der Waals surface area contributed by atoms with Crippen molar-refractivity contribution in [1.29, 1.82) is 0 Å². The van der Waals surface area contributed by atoms with E-state index in [-0.39, 0.29) is 5.97 Å². The Bertz CT molecular complexity index is 562. The first-order valence-electron chi connectivity index (χ1n) is 5.81. The van der Waals surface area contributed by atoms with E-state index in [0.717, 1.165) is 5.69 Å². The summed E-state index contributed by atoms with van der Waals surface area (Å²) >= 11 is 5.77. The van der Waals surface area contributed by atoms with Gasteiger partial charge in [0.25, 0.3) is 0 Å². The Balaban J connectivity index is 2.09. The van der Waals surface area contributed by atoms with Crippen LogP contribution in [0.2, 0.25) is 5.02 Å². The molecular formula is C15H14ClNO2. The van der Waals surface area contributed by atoms with Gasteiger partial charge in [-0.2, -0.15) is 0 Å². The van der Waals surface area contributed by atoms with Crippen molar-refractivity contribution in [1.82, 2.24) is 0 Å². The van der Waals surface area contributed by atoms with Gasteiger partial charge in [0.2, 0.25) is 0 Å². The zero-order valence-electron chi connectivity index (χ0n) is 10.8. The molecule has 0 spiro atoms. The first-order valence-corrected chi connectivity index (χ1v) is 6.19. The summed E-state index contributed by atoms with van der Waals surface area (Å²) in [6, 6.07) is 13.9. The lowest BCUT2D eigenvalue weighted by Crippen LogP contribution is -2.11. The number of ether oxygens (including phenoxy) is 1. The Morgan fingerprint density at radius 1 is 1.00 bits per heavy atom. The Morgan fingerprint density at radius 3 is 2.11 bits per heavy atom. The van der Waals surface area contributed by atoms with Gasteiger partial charge in [0.05, 0.1) is 5.56 Å². The smallest absolute Gasteiger partial charge is 0.343 e. The van der Waals surface area contributed by atoms with Crippen molar-refractivity contribution in [3.63, 3.8) is 0 Å². The third-order valence-electron chi connectivity index (χ3n) is 2.64. The average Bonchev–Trinajstić information content (AvgIpc) is 2.41. The molecule has 2 rings (SSSR count). The molecule has 4 heteroatoms. The number of hydrogen-bond acceptors (Lipinski definition) is 3. The monoisotopic (exact) mass is 275 g/mol. The van der Waals surface area contributed by atoms with Crippen LogP contribution >= 0.6 is 11.6 Å². The lowest BCUT2D eigenvalue weighted by Gasteiger charge is -2.12. The molecule has 0 aliphatic rings. The topological polar surface area (TPSA) is 29.5 Å². The molecule has 2 aromatic carbocycles. The molecular weight excluding hydrogens is 262 g/mol. The summed E-state index contributed by atoms with van der Waals surface area (Å²) in [5, 5.41) is 0.607. The van der Waals surface area contributed by atoms with Gasteiger partial charge in [0.15, 0.2) is 0 Å². The second kappa shape index (κ2) is 5.76. The molecule has 0 fully saturated rings. The normalized spacial score (nSPS) is 10.1. The van der Waals surface area contributed by atoms with Gasteiger partial charge >= 0.3 is 5.97 Å². The predicted molar refractivity (Wildman–Crippen MR) is 77.2 cm³/mol. The minimum Gasteiger partial charge on any atom is -0.423 e. The summed E-state index contributed by atoms with van der Waals surface area (Å²) in [5.41, 5.74) is 1.54. The molecule has 19 heavy (non-hydrogen) atoms. The number of esters is 1. The largest absolute Gasteiger partial charge is 0.423 e. The highest BCUT2D eigenvalue weighted by Gasteiger charge is 2.08. The number of carbonyl (C=O) groups excluding carboxylic acids is 1. The van der Waals surface area contributed by atoms with E-state index < -0.39 is 0 Å². The van der Waals surface area contributed by atoms with E-state index in [1.165, 1.54) is 0 Å². The fourth-order valence-electron chi connectivity index (χ4n) is 1.56. The quantitative estimate of drug-likeness (QED) is 0.633. The maximum absolute atomic E-state index is 11.9. The molecule has 0 atom stereocenters. The van der Waals surface area contributed by atoms with E-state index in [4.69, 9.17) is 16.3 Å². The van der Waals surface area contributed by atoms with Crippen molar-refractivity contribution in [3.8, 4) is 5.75 Å². The highest BCUT2D eigenvalue weighted by atomic mass is 35.5. The van der Waals surface area contributed by atoms with Crippen molar-refractivity contribution in [3.05, 3.63) is 59.1 Å². The van der Waals surface area contributed by atoms with Gasteiger partial charge in [-0.25, -0.2) is 4.79 Å². The van der Waals surface area contributed by atoms with Gasteiger partial charge in [-0.05, 0) is 48.5 Å². The summed E-state index contributed by atoms with van der Waals surface area (Å²) in [7, 11) is 3.89. The molecule has 0 aliphatic heterocycles. The maximum atomic E-state index is 11.9. The van der Waals surface area contributed by atoms with Crippen LogP contribution in [0.1, 0.15) is 10.4 Å². The van der Waals surface area contributed by atoms with E-state index in [0.29, 0.717) is 16.3 Å². The molecule has 0 saturated heterocycles. The summed E-state index contributed by atoms with van der Waals surface area (Å²) in [4.78, 5) is 13.9. The number of nitrogens with zero attached hydrogens (tertiary/aromatic N) is 1. The summed E-state index contributed by atoms with van der Waals surface area (Å²) in [5.74, 6) is 0.0960. The van der Waals surface area contributed by atoms with Crippen LogP contribution in [-0.4, -0.2) is 20.1 Å². The minimum absolute atomic E-state index is 0.382. The van der Waals surface area contributed by atoms with Crippen LogP contribution in [0.15, 0.2) is 48.5 Å². The highest BCUT2D eigenvalue weighted by Crippen LogP contribution is 2.18. The third-order valence-corrected chi connectivity index (χ3v) is 2.90. The van der Waals surface area contributed by atoms with Crippen molar-refractivity contribution in [2.45, 2.75) is 0 Å². The van der Waals surface area contributed by atoms with Crippen molar-refractivity contribution >= 4 is 23.3 Å². The number of benzene rings is 2. The highest BCUT2D eigenvalue weighted by molar-refractivity contribution is 6.30. The van der Waals surface area contributed by atoms with E-state index in [1.807, 2.05) is 31.1 Å². The fraction of sp³-hybridized carbons (Fsp3) is 0.133. The number of anilines is 1. The number of carbonyl (C=O) groups is 1. The van der Waals surface area contributed by atoms with Gasteiger partial charge in [0.1, 0.15) is 5.75 Å². The van der Waals surface area contributed by atoms with E-state index in [2.05, 4.69) is 0 Å². The molecule has 0 radical (unpaired) electrons. The standard InChI is InChI=1S/C15H14ClNO2/c1-17(2)13-7-3-11(4-8-13)15(18)19-14-9-5-12(16)6-10-14/h3-10H,1-2H3. The predicted octanol–water partition coefficient (Wildman–Crippen LogP) is 3.63. The number of halogens is 1. The van der Waals surface area contributed by atoms with Crippen LogP contribution in [0.4, 0.5) is 5.69 Å². The summed E-state index contributed by atoms with van der Waals surface area (Å²) < 4.78 is 5.24. The van der Waals surface area contributed by atoms with Crippen LogP contribution in [0.3, 0.4) is 0 Å². The molecule has 0 N–H and O–H groups in total. The Labute approximate surface area is 117 Å². The van der Waals surface area contributed by atoms with Gasteiger partial charge in [-0.15, -0.1) is 0 Å². The number of rotatable bonds is 3. The molecule has 3 nitrogen and oxygen atoms in total. The lowest BCUT2D eigenvalue weighted by atomic mass is 10.2. The molecule has 0 heterocycles. The first-order chi connectivity index (χ1) is 9.06. The molecule has 0 bridgehead atoms. The SMILES string of the molecule is CN(C)c1ccc(C(=O)Oc2ccc(Cl)cc2)cc1. The van der Waals surface area contributed by atoms with E-state index in [9.17, 15) is 4.79 Å². The second-order valence-corrected chi connectivity index (χ2v) is 4.72. The van der Waals surface area contributed by atoms with Gasteiger partial charge in [0, 0.05) is 24.8 Å². The molecule has 0 amide bonds. The zero-order valence-corrected chi connectivity index (χ0v) is 11.5. The van der Waals surface area contributed by atoms with Crippen LogP contribution < -0.4 is 9.64 Å². The van der Waals surface area contributed by atoms with Crippen molar-refractivity contribution in [2.75, 3.05) is 19.0 Å². The van der Waals surface area contributed by atoms with Gasteiger partial charge in [-0.1, -0.05) is 11.6 Å². The third kappa shape index (κ3) is 3.48. The maximum Gasteiger partial charge on any atom is 0.343 e. The van der Waals surface area contributed by atoms with Crippen LogP contribution in [0.25, 0.3) is 0 Å². The van der Waals surface area contributed by atoms with Crippen molar-refractivity contribution in [2.24, 2.45) is 0 Å². The zero-order chi connectivity index (χ0) is 13.8. The van der Waals surface area contributed by atoms with Gasteiger partial charge in [-0.3, -0.25) is 0 Å². The van der Waals surface area contributed by atoms with Crippen LogP contribution in [0, 0.1) is 0 Å². The molecule has 0 saturated carbocycles. The van der Waals surface area contributed by atoms with E-state index in [1.54, 1.807) is 36.4 Å². The van der Waals surface area contributed by atoms with Crippen molar-refractivity contribution < 1.29 is 9.53 Å². The van der Waals surface area contributed by atoms with Crippen LogP contribution in [-0.2, 0) is 0 Å². The molecule has 2 aromatic rings. The summed E-state index contributed by atoms with van der Waals surface area (Å²) in [6.45, 7) is 0. The molecule has 0 unspecified atom stereocenters. The second-order valence-electron chi connectivity index (χ2n) is 4.28. The first kappa shape index (κ1) is 13.4. The minimum atomic E-state index is -0.382. The Hall–Kier alpha value is -2.00. The Kier molecular flexibility index (Phi) is 4.07. The average molecular weight is 276 g/mol. The van der Waals surface area contributed by atoms with Gasteiger partial charge < -0.3 is 9.64 Å². The van der Waals surface area contributed by atoms with E-state index >= 15 is 0 Å². The molecule has 0 aliphatic carbocycles. The molecule has 0 aromatic heterocycles. The number of hydrogen-bond donors (Lipinski definition) is 0. The summed E-state index contributed by atoms with van der Waals surface area (Å²) in [6.07, 6.45) is 0. The fourth-order valence-corrected chi connectivity index (χ4v) is 1.69.